The van der Waals surface area contributed by atoms with E-state index in [1.807, 2.05) is 0 Å². The van der Waals surface area contributed by atoms with Crippen LogP contribution in [0.1, 0.15) is 36.5 Å². The molecule has 0 atom stereocenters. The maximum Gasteiger partial charge on any atom is -0.0152 e. The third kappa shape index (κ3) is 2.58. The Morgan fingerprint density at radius 2 is 1.65 bits per heavy atom. The van der Waals surface area contributed by atoms with Gasteiger partial charge < -0.3 is 0 Å². The van der Waals surface area contributed by atoms with Gasteiger partial charge >= 0.3 is 0 Å². The van der Waals surface area contributed by atoms with Crippen molar-refractivity contribution < 1.29 is 0 Å². The quantitative estimate of drug-likeness (QED) is 0.666. The predicted molar refractivity (Wildman–Crippen MR) is 75.4 cm³/mol. The Labute approximate surface area is 104 Å². The minimum atomic E-state index is 0.583. The van der Waals surface area contributed by atoms with E-state index in [1.54, 1.807) is 0 Å². The zero-order valence-corrected chi connectivity index (χ0v) is 11.1. The first-order valence-electron chi connectivity index (χ1n) is 6.25. The summed E-state index contributed by atoms with van der Waals surface area (Å²) in [7, 11) is 0. The molecule has 0 bridgehead atoms. The molecule has 0 spiro atoms. The molecule has 0 aliphatic rings. The molecule has 17 heavy (non-hydrogen) atoms. The van der Waals surface area contributed by atoms with Crippen LogP contribution in [0.2, 0.25) is 0 Å². The maximum absolute atomic E-state index is 2.33. The fourth-order valence-electron chi connectivity index (χ4n) is 2.12. The molecule has 0 aromatic heterocycles. The summed E-state index contributed by atoms with van der Waals surface area (Å²) in [4.78, 5) is 0. The van der Waals surface area contributed by atoms with Crippen LogP contribution >= 0.6 is 0 Å². The zero-order valence-electron chi connectivity index (χ0n) is 11.1. The number of aryl methyl sites for hydroxylation is 2. The van der Waals surface area contributed by atoms with Gasteiger partial charge in [0.05, 0.1) is 0 Å². The Balaban J connectivity index is 2.54. The van der Waals surface area contributed by atoms with Crippen LogP contribution in [0.5, 0.6) is 0 Å². The standard InChI is InChI=1S/C17H20/c1-12(2)15-9-8-14(4)17(11-15)16-7-5-6-13(3)10-16/h5-12H,1-4H3. The highest BCUT2D eigenvalue weighted by Gasteiger charge is 2.05. The van der Waals surface area contributed by atoms with Gasteiger partial charge in [0.25, 0.3) is 0 Å². The van der Waals surface area contributed by atoms with E-state index in [0.29, 0.717) is 5.92 Å². The Bertz CT molecular complexity index is 521. The number of rotatable bonds is 2. The smallest absolute Gasteiger partial charge is 0.0152 e. The van der Waals surface area contributed by atoms with Crippen molar-refractivity contribution in [1.29, 1.82) is 0 Å². The van der Waals surface area contributed by atoms with Gasteiger partial charge in [-0.3, -0.25) is 0 Å². The van der Waals surface area contributed by atoms with Gasteiger partial charge in [0.1, 0.15) is 0 Å². The molecule has 0 fully saturated rings. The van der Waals surface area contributed by atoms with E-state index in [1.165, 1.54) is 27.8 Å². The first-order chi connectivity index (χ1) is 8.08. The van der Waals surface area contributed by atoms with Crippen LogP contribution in [-0.4, -0.2) is 0 Å². The van der Waals surface area contributed by atoms with Crippen molar-refractivity contribution in [2.24, 2.45) is 0 Å². The molecule has 0 heterocycles. The number of hydrogen-bond donors (Lipinski definition) is 0. The lowest BCUT2D eigenvalue weighted by Crippen LogP contribution is -1.91. The summed E-state index contributed by atoms with van der Waals surface area (Å²) in [6, 6.07) is 15.5. The van der Waals surface area contributed by atoms with Crippen molar-refractivity contribution in [2.75, 3.05) is 0 Å². The number of hydrogen-bond acceptors (Lipinski definition) is 0. The van der Waals surface area contributed by atoms with Gasteiger partial charge in [0, 0.05) is 0 Å². The molecule has 0 saturated heterocycles. The van der Waals surface area contributed by atoms with Crippen molar-refractivity contribution >= 4 is 0 Å². The summed E-state index contributed by atoms with van der Waals surface area (Å²) >= 11 is 0. The van der Waals surface area contributed by atoms with Gasteiger partial charge in [-0.2, -0.15) is 0 Å². The molecule has 0 N–H and O–H groups in total. The summed E-state index contributed by atoms with van der Waals surface area (Å²) in [6.07, 6.45) is 0. The first-order valence-corrected chi connectivity index (χ1v) is 6.25. The second-order valence-electron chi connectivity index (χ2n) is 5.10. The van der Waals surface area contributed by atoms with Gasteiger partial charge in [-0.1, -0.05) is 61.9 Å². The molecule has 0 aliphatic carbocycles. The Morgan fingerprint density at radius 3 is 2.29 bits per heavy atom. The molecule has 2 rings (SSSR count). The van der Waals surface area contributed by atoms with Crippen molar-refractivity contribution in [3.05, 3.63) is 59.2 Å². The molecule has 2 aromatic rings. The Morgan fingerprint density at radius 1 is 0.882 bits per heavy atom. The SMILES string of the molecule is Cc1cccc(-c2cc(C(C)C)ccc2C)c1. The van der Waals surface area contributed by atoms with Crippen LogP contribution in [-0.2, 0) is 0 Å². The zero-order chi connectivity index (χ0) is 12.4. The second kappa shape index (κ2) is 4.75. The second-order valence-corrected chi connectivity index (χ2v) is 5.10. The van der Waals surface area contributed by atoms with E-state index >= 15 is 0 Å². The molecule has 0 radical (unpaired) electrons. The van der Waals surface area contributed by atoms with Gasteiger partial charge in [-0.05, 0) is 42.0 Å². The Kier molecular flexibility index (Phi) is 3.33. The van der Waals surface area contributed by atoms with E-state index in [0.717, 1.165) is 0 Å². The van der Waals surface area contributed by atoms with Gasteiger partial charge in [-0.15, -0.1) is 0 Å². The normalized spacial score (nSPS) is 10.9. The number of benzene rings is 2. The van der Waals surface area contributed by atoms with Gasteiger partial charge in [0.2, 0.25) is 0 Å². The van der Waals surface area contributed by atoms with Crippen molar-refractivity contribution in [3.8, 4) is 11.1 Å². The summed E-state index contributed by atoms with van der Waals surface area (Å²) in [5, 5.41) is 0. The minimum Gasteiger partial charge on any atom is -0.0614 e. The fourth-order valence-corrected chi connectivity index (χ4v) is 2.12. The third-order valence-corrected chi connectivity index (χ3v) is 3.26. The van der Waals surface area contributed by atoms with Crippen molar-refractivity contribution in [1.82, 2.24) is 0 Å². The van der Waals surface area contributed by atoms with Crippen LogP contribution in [0.4, 0.5) is 0 Å². The monoisotopic (exact) mass is 224 g/mol. The van der Waals surface area contributed by atoms with Crippen LogP contribution in [0.15, 0.2) is 42.5 Å². The lowest BCUT2D eigenvalue weighted by Gasteiger charge is -2.12. The molecular weight excluding hydrogens is 204 g/mol. The molecule has 0 unspecified atom stereocenters. The van der Waals surface area contributed by atoms with Crippen molar-refractivity contribution in [2.45, 2.75) is 33.6 Å². The predicted octanol–water partition coefficient (Wildman–Crippen LogP) is 5.09. The largest absolute Gasteiger partial charge is 0.0614 e. The lowest BCUT2D eigenvalue weighted by molar-refractivity contribution is 0.866. The molecule has 0 heteroatoms. The summed E-state index contributed by atoms with van der Waals surface area (Å²) in [6.45, 7) is 8.81. The van der Waals surface area contributed by atoms with Gasteiger partial charge in [-0.25, -0.2) is 0 Å². The molecule has 88 valence electrons. The summed E-state index contributed by atoms with van der Waals surface area (Å²) in [5.74, 6) is 0.583. The lowest BCUT2D eigenvalue weighted by atomic mass is 9.93. The van der Waals surface area contributed by atoms with Crippen LogP contribution in [0.25, 0.3) is 11.1 Å². The highest BCUT2D eigenvalue weighted by atomic mass is 14.1. The molecule has 0 amide bonds. The molecule has 0 aliphatic heterocycles. The van der Waals surface area contributed by atoms with Crippen LogP contribution < -0.4 is 0 Å². The van der Waals surface area contributed by atoms with Crippen LogP contribution in [0.3, 0.4) is 0 Å². The van der Waals surface area contributed by atoms with Crippen molar-refractivity contribution in [3.63, 3.8) is 0 Å². The average Bonchev–Trinajstić information content (AvgIpc) is 2.29. The average molecular weight is 224 g/mol. The van der Waals surface area contributed by atoms with Crippen LogP contribution in [0, 0.1) is 13.8 Å². The molecule has 0 nitrogen and oxygen atoms in total. The summed E-state index contributed by atoms with van der Waals surface area (Å²) < 4.78 is 0. The van der Waals surface area contributed by atoms with Gasteiger partial charge in [0.15, 0.2) is 0 Å². The summed E-state index contributed by atoms with van der Waals surface area (Å²) in [5.41, 5.74) is 6.76. The van der Waals surface area contributed by atoms with E-state index in [2.05, 4.69) is 70.2 Å². The minimum absolute atomic E-state index is 0.583. The highest BCUT2D eigenvalue weighted by Crippen LogP contribution is 2.27. The Hall–Kier alpha value is -1.56. The van der Waals surface area contributed by atoms with E-state index in [4.69, 9.17) is 0 Å². The first kappa shape index (κ1) is 11.9. The molecule has 0 saturated carbocycles. The highest BCUT2D eigenvalue weighted by molar-refractivity contribution is 5.68. The molecule has 2 aromatic carbocycles. The molecular formula is C17H20. The third-order valence-electron chi connectivity index (χ3n) is 3.26. The maximum atomic E-state index is 2.33. The van der Waals surface area contributed by atoms with E-state index in [-0.39, 0.29) is 0 Å². The fraction of sp³-hybridized carbons (Fsp3) is 0.294. The van der Waals surface area contributed by atoms with E-state index in [9.17, 15) is 0 Å². The topological polar surface area (TPSA) is 0 Å². The van der Waals surface area contributed by atoms with E-state index < -0.39 is 0 Å².